The van der Waals surface area contributed by atoms with Crippen LogP contribution in [0, 0.1) is 10.8 Å². The molecule has 1 saturated carbocycles. The highest BCUT2D eigenvalue weighted by Gasteiger charge is 2.38. The van der Waals surface area contributed by atoms with Gasteiger partial charge in [0, 0.05) is 10.1 Å². The molecular weight excluding hydrogens is 148 g/mol. The van der Waals surface area contributed by atoms with Gasteiger partial charge in [0.2, 0.25) is 0 Å². The predicted molar refractivity (Wildman–Crippen MR) is 52.8 cm³/mol. The molecule has 1 aliphatic carbocycles. The van der Waals surface area contributed by atoms with Gasteiger partial charge < -0.3 is 11.5 Å². The molecule has 0 aromatic heterocycles. The van der Waals surface area contributed by atoms with Crippen molar-refractivity contribution in [2.45, 2.75) is 46.1 Å². The zero-order valence-electron chi connectivity index (χ0n) is 11.3. The van der Waals surface area contributed by atoms with E-state index < -0.39 is 17.9 Å². The minimum Gasteiger partial charge on any atom is -0.330 e. The van der Waals surface area contributed by atoms with Crippen LogP contribution in [0.4, 0.5) is 0 Å². The van der Waals surface area contributed by atoms with Crippen molar-refractivity contribution in [3.8, 4) is 0 Å². The Morgan fingerprint density at radius 3 is 2.50 bits per heavy atom. The summed E-state index contributed by atoms with van der Waals surface area (Å²) in [5.41, 5.74) is 10.6. The molecule has 1 rings (SSSR count). The van der Waals surface area contributed by atoms with E-state index in [-0.39, 0.29) is 5.41 Å². The molecule has 0 amide bonds. The molecule has 0 aromatic rings. The first-order valence-electron chi connectivity index (χ1n) is 5.95. The summed E-state index contributed by atoms with van der Waals surface area (Å²) in [5, 5.41) is 0. The predicted octanol–water partition coefficient (Wildman–Crippen LogP) is 1.49. The molecule has 0 spiro atoms. The van der Waals surface area contributed by atoms with Crippen LogP contribution < -0.4 is 11.5 Å². The number of hydrogen-bond acceptors (Lipinski definition) is 2. The quantitative estimate of drug-likeness (QED) is 0.631. The normalized spacial score (nSPS) is 52.2. The van der Waals surface area contributed by atoms with E-state index in [1.807, 2.05) is 13.8 Å². The highest BCUT2D eigenvalue weighted by molar-refractivity contribution is 4.93. The second-order valence-electron chi connectivity index (χ2n) is 5.06. The van der Waals surface area contributed by atoms with Gasteiger partial charge in [0.1, 0.15) is 0 Å². The zero-order valence-corrected chi connectivity index (χ0v) is 8.28. The molecule has 0 radical (unpaired) electrons. The number of nitrogens with two attached hydrogens (primary N) is 2. The molecule has 0 heterocycles. The third kappa shape index (κ3) is 2.20. The second kappa shape index (κ2) is 3.00. The van der Waals surface area contributed by atoms with Crippen molar-refractivity contribution in [3.63, 3.8) is 0 Å². The summed E-state index contributed by atoms with van der Waals surface area (Å²) in [5.74, 6) is 0. The first-order chi connectivity index (χ1) is 6.37. The summed E-state index contributed by atoms with van der Waals surface area (Å²) in [7, 11) is 0. The summed E-state index contributed by atoms with van der Waals surface area (Å²) >= 11 is 0. The fourth-order valence-corrected chi connectivity index (χ4v) is 2.46. The van der Waals surface area contributed by atoms with Crippen molar-refractivity contribution >= 4 is 0 Å². The van der Waals surface area contributed by atoms with Gasteiger partial charge >= 0.3 is 0 Å². The van der Waals surface area contributed by atoms with Gasteiger partial charge in [-0.3, -0.25) is 0 Å². The van der Waals surface area contributed by atoms with Gasteiger partial charge in [0.05, 0.1) is 0 Å². The van der Waals surface area contributed by atoms with Crippen LogP contribution in [0.1, 0.15) is 44.1 Å². The van der Waals surface area contributed by atoms with E-state index in [1.165, 1.54) is 0 Å². The Balaban J connectivity index is 3.03. The number of hydrogen-bond donors (Lipinski definition) is 2. The van der Waals surface area contributed by atoms with Crippen LogP contribution in [0.15, 0.2) is 0 Å². The van der Waals surface area contributed by atoms with Crippen LogP contribution in [0.25, 0.3) is 0 Å². The topological polar surface area (TPSA) is 52.0 Å². The summed E-state index contributed by atoms with van der Waals surface area (Å²) in [6, 6.07) is -1.07. The molecule has 72 valence electrons. The molecule has 2 atom stereocenters. The van der Waals surface area contributed by atoms with Gasteiger partial charge in [-0.15, -0.1) is 0 Å². The van der Waals surface area contributed by atoms with Crippen LogP contribution in [-0.2, 0) is 0 Å². The average Bonchev–Trinajstić information content (AvgIpc) is 1.72. The van der Waals surface area contributed by atoms with Gasteiger partial charge in [-0.1, -0.05) is 20.8 Å². The van der Waals surface area contributed by atoms with E-state index >= 15 is 0 Å². The summed E-state index contributed by atoms with van der Waals surface area (Å²) < 4.78 is 23.3. The fourth-order valence-electron chi connectivity index (χ4n) is 2.46. The van der Waals surface area contributed by atoms with Crippen LogP contribution in [0.3, 0.4) is 0 Å². The van der Waals surface area contributed by atoms with Crippen molar-refractivity contribution in [3.05, 3.63) is 0 Å². The van der Waals surface area contributed by atoms with Gasteiger partial charge in [0.25, 0.3) is 0 Å². The Morgan fingerprint density at radius 1 is 1.50 bits per heavy atom. The fraction of sp³-hybridized carbons (Fsp3) is 1.00. The molecule has 0 aliphatic heterocycles. The monoisotopic (exact) mass is 173 g/mol. The maximum atomic E-state index is 7.97. The molecule has 1 aliphatic rings. The van der Waals surface area contributed by atoms with Crippen LogP contribution in [-0.4, -0.2) is 12.5 Å². The summed E-state index contributed by atoms with van der Waals surface area (Å²) in [4.78, 5) is 0. The van der Waals surface area contributed by atoms with Crippen LogP contribution in [0.2, 0.25) is 0 Å². The highest BCUT2D eigenvalue weighted by atomic mass is 14.7. The Labute approximate surface area is 79.9 Å². The molecule has 0 bridgehead atoms. The highest BCUT2D eigenvalue weighted by Crippen LogP contribution is 2.44. The maximum absolute atomic E-state index is 7.97. The lowest BCUT2D eigenvalue weighted by molar-refractivity contribution is 0.0904. The standard InChI is InChI=1S/C10H22N2/c1-9(2)4-8(12)5-10(3,6-9)7-11/h8H,4-7,11-12H2,1-3H3/i7D2,8D. The van der Waals surface area contributed by atoms with Crippen molar-refractivity contribution in [2.75, 3.05) is 6.50 Å². The smallest absolute Gasteiger partial charge is 0.0463 e. The number of rotatable bonds is 1. The van der Waals surface area contributed by atoms with E-state index in [0.717, 1.165) is 0 Å². The SMILES string of the molecule is [2H]C1(N)CC(C)(C)CC(C)(C([2H])([2H])N)C1. The third-order valence-electron chi connectivity index (χ3n) is 2.54. The van der Waals surface area contributed by atoms with Crippen molar-refractivity contribution in [1.29, 1.82) is 0 Å². The maximum Gasteiger partial charge on any atom is 0.0463 e. The lowest BCUT2D eigenvalue weighted by Gasteiger charge is -2.45. The van der Waals surface area contributed by atoms with Gasteiger partial charge in [-0.25, -0.2) is 0 Å². The minimum absolute atomic E-state index is 0.129. The van der Waals surface area contributed by atoms with E-state index in [4.69, 9.17) is 15.6 Å². The van der Waals surface area contributed by atoms with Crippen LogP contribution in [0.5, 0.6) is 0 Å². The molecule has 2 heteroatoms. The summed E-state index contributed by atoms with van der Waals surface area (Å²) in [6.07, 6.45) is 1.57. The van der Waals surface area contributed by atoms with E-state index in [2.05, 4.69) is 0 Å². The first-order valence-corrected chi connectivity index (χ1v) is 4.45. The van der Waals surface area contributed by atoms with E-state index in [0.29, 0.717) is 19.3 Å². The minimum atomic E-state index is -1.78. The molecule has 0 aromatic carbocycles. The van der Waals surface area contributed by atoms with E-state index in [1.54, 1.807) is 6.92 Å². The largest absolute Gasteiger partial charge is 0.330 e. The van der Waals surface area contributed by atoms with Crippen molar-refractivity contribution < 1.29 is 4.11 Å². The summed E-state index contributed by atoms with van der Waals surface area (Å²) in [6.45, 7) is 4.05. The molecular formula is C10H22N2. The average molecular weight is 173 g/mol. The lowest BCUT2D eigenvalue weighted by Crippen LogP contribution is -2.45. The van der Waals surface area contributed by atoms with Crippen molar-refractivity contribution in [1.82, 2.24) is 0 Å². The Kier molecular flexibility index (Phi) is 1.60. The molecule has 1 fully saturated rings. The van der Waals surface area contributed by atoms with Gasteiger partial charge in [-0.05, 0) is 36.6 Å². The third-order valence-corrected chi connectivity index (χ3v) is 2.54. The van der Waals surface area contributed by atoms with Crippen molar-refractivity contribution in [2.24, 2.45) is 22.3 Å². The second-order valence-corrected chi connectivity index (χ2v) is 5.06. The Bertz CT molecular complexity index is 240. The molecule has 2 nitrogen and oxygen atoms in total. The molecule has 0 saturated heterocycles. The Morgan fingerprint density at radius 2 is 2.08 bits per heavy atom. The zero-order chi connectivity index (χ0) is 12.1. The first kappa shape index (κ1) is 6.39. The van der Waals surface area contributed by atoms with Crippen LogP contribution >= 0.6 is 0 Å². The Hall–Kier alpha value is -0.0800. The van der Waals surface area contributed by atoms with E-state index in [9.17, 15) is 0 Å². The van der Waals surface area contributed by atoms with Gasteiger partial charge in [-0.2, -0.15) is 0 Å². The molecule has 2 unspecified atom stereocenters. The molecule has 12 heavy (non-hydrogen) atoms. The molecule has 4 N–H and O–H groups in total. The lowest BCUT2D eigenvalue weighted by atomic mass is 9.63. The van der Waals surface area contributed by atoms with Gasteiger partial charge in [0.15, 0.2) is 0 Å².